The maximum Gasteiger partial charge on any atom is 0.323 e. The largest absolute Gasteiger partial charge is 0.461 e. The normalized spacial score (nSPS) is 22.5. The van der Waals surface area contributed by atoms with E-state index < -0.39 is 0 Å². The lowest BCUT2D eigenvalue weighted by Crippen LogP contribution is -2.42. The van der Waals surface area contributed by atoms with Gasteiger partial charge in [-0.15, -0.1) is 0 Å². The Morgan fingerprint density at radius 1 is 1.38 bits per heavy atom. The molecule has 0 spiro atoms. The van der Waals surface area contributed by atoms with Crippen LogP contribution in [-0.2, 0) is 0 Å². The number of nitrogens with zero attached hydrogens (tertiary/aromatic N) is 4. The molecule has 2 unspecified atom stereocenters. The Morgan fingerprint density at radius 2 is 2.14 bits per heavy atom. The minimum absolute atomic E-state index is 0.0110. The van der Waals surface area contributed by atoms with Crippen molar-refractivity contribution in [2.45, 2.75) is 46.3 Å². The molecule has 7 nitrogen and oxygen atoms in total. The molecule has 1 aliphatic rings. The number of nitrogens with one attached hydrogen (secondary N) is 1. The predicted molar refractivity (Wildman–Crippen MR) is 81.8 cm³/mol. The van der Waals surface area contributed by atoms with Crippen LogP contribution < -0.4 is 15.0 Å². The summed E-state index contributed by atoms with van der Waals surface area (Å²) in [5.74, 6) is 1.33. The number of hydrogen-bond donors (Lipinski definition) is 2. The second-order valence-corrected chi connectivity index (χ2v) is 5.72. The highest BCUT2D eigenvalue weighted by molar-refractivity contribution is 5.39. The third-order valence-electron chi connectivity index (χ3n) is 3.42. The van der Waals surface area contributed by atoms with Crippen LogP contribution in [-0.4, -0.2) is 51.9 Å². The van der Waals surface area contributed by atoms with Gasteiger partial charge in [-0.2, -0.15) is 15.0 Å². The van der Waals surface area contributed by atoms with E-state index in [0.29, 0.717) is 17.9 Å². The summed E-state index contributed by atoms with van der Waals surface area (Å²) in [6, 6.07) is 0.338. The van der Waals surface area contributed by atoms with Gasteiger partial charge >= 0.3 is 6.01 Å². The average molecular weight is 295 g/mol. The van der Waals surface area contributed by atoms with Gasteiger partial charge in [-0.25, -0.2) is 0 Å². The van der Waals surface area contributed by atoms with E-state index in [1.165, 1.54) is 0 Å². The van der Waals surface area contributed by atoms with Crippen molar-refractivity contribution in [3.05, 3.63) is 0 Å². The zero-order valence-electron chi connectivity index (χ0n) is 13.2. The monoisotopic (exact) mass is 295 g/mol. The highest BCUT2D eigenvalue weighted by atomic mass is 16.5. The maximum absolute atomic E-state index is 9.84. The molecule has 7 heteroatoms. The molecule has 2 heterocycles. The summed E-state index contributed by atoms with van der Waals surface area (Å²) >= 11 is 0. The van der Waals surface area contributed by atoms with Gasteiger partial charge in [-0.1, -0.05) is 6.92 Å². The zero-order valence-corrected chi connectivity index (χ0v) is 13.2. The van der Waals surface area contributed by atoms with E-state index in [0.717, 1.165) is 26.1 Å². The topological polar surface area (TPSA) is 83.4 Å². The summed E-state index contributed by atoms with van der Waals surface area (Å²) in [5, 5.41) is 12.9. The SMILES string of the molecule is CCNc1nc(OC(C)C)nc(N2CCC(O)C(C)C2)n1. The number of aromatic nitrogens is 3. The fourth-order valence-corrected chi connectivity index (χ4v) is 2.30. The molecule has 0 aliphatic carbocycles. The van der Waals surface area contributed by atoms with Gasteiger partial charge in [0.15, 0.2) is 0 Å². The Bertz CT molecular complexity index is 469. The molecule has 1 aromatic rings. The van der Waals surface area contributed by atoms with Gasteiger partial charge in [0.1, 0.15) is 0 Å². The van der Waals surface area contributed by atoms with Crippen LogP contribution in [0.3, 0.4) is 0 Å². The molecule has 1 fully saturated rings. The molecule has 21 heavy (non-hydrogen) atoms. The van der Waals surface area contributed by atoms with Gasteiger partial charge in [0.25, 0.3) is 0 Å². The standard InChI is InChI=1S/C14H25N5O2/c1-5-15-12-16-13(18-14(17-12)21-9(2)3)19-7-6-11(20)10(4)8-19/h9-11,20H,5-8H2,1-4H3,(H,15,16,17,18). The molecule has 1 saturated heterocycles. The van der Waals surface area contributed by atoms with Gasteiger partial charge in [-0.05, 0) is 33.1 Å². The fourth-order valence-electron chi connectivity index (χ4n) is 2.30. The van der Waals surface area contributed by atoms with Crippen molar-refractivity contribution in [2.75, 3.05) is 29.9 Å². The Balaban J connectivity index is 2.22. The molecule has 2 N–H and O–H groups in total. The summed E-state index contributed by atoms with van der Waals surface area (Å²) in [6.07, 6.45) is 0.489. The number of rotatable bonds is 5. The van der Waals surface area contributed by atoms with E-state index in [4.69, 9.17) is 4.74 Å². The van der Waals surface area contributed by atoms with Gasteiger partial charge in [-0.3, -0.25) is 0 Å². The van der Waals surface area contributed by atoms with Gasteiger partial charge in [0, 0.05) is 19.6 Å². The van der Waals surface area contributed by atoms with Crippen LogP contribution in [0.5, 0.6) is 6.01 Å². The number of piperidine rings is 1. The molecule has 0 amide bonds. The molecule has 0 radical (unpaired) electrons. The molecule has 0 bridgehead atoms. The van der Waals surface area contributed by atoms with Crippen molar-refractivity contribution >= 4 is 11.9 Å². The van der Waals surface area contributed by atoms with Crippen molar-refractivity contribution < 1.29 is 9.84 Å². The van der Waals surface area contributed by atoms with Crippen LogP contribution in [0.2, 0.25) is 0 Å². The fraction of sp³-hybridized carbons (Fsp3) is 0.786. The number of ether oxygens (including phenoxy) is 1. The predicted octanol–water partition coefficient (Wildman–Crippen LogP) is 1.30. The summed E-state index contributed by atoms with van der Waals surface area (Å²) in [7, 11) is 0. The summed E-state index contributed by atoms with van der Waals surface area (Å²) in [5.41, 5.74) is 0. The van der Waals surface area contributed by atoms with Gasteiger partial charge < -0.3 is 20.1 Å². The van der Waals surface area contributed by atoms with E-state index in [-0.39, 0.29) is 18.1 Å². The van der Waals surface area contributed by atoms with Crippen molar-refractivity contribution in [2.24, 2.45) is 5.92 Å². The molecule has 0 saturated carbocycles. The third kappa shape index (κ3) is 4.17. The van der Waals surface area contributed by atoms with Crippen molar-refractivity contribution in [1.29, 1.82) is 0 Å². The van der Waals surface area contributed by atoms with E-state index in [1.54, 1.807) is 0 Å². The molecule has 2 rings (SSSR count). The maximum atomic E-state index is 9.84. The molecule has 118 valence electrons. The first-order valence-electron chi connectivity index (χ1n) is 7.59. The second kappa shape index (κ2) is 6.89. The number of aliphatic hydroxyl groups excluding tert-OH is 1. The lowest BCUT2D eigenvalue weighted by atomic mass is 9.97. The Kier molecular flexibility index (Phi) is 5.17. The first kappa shape index (κ1) is 15.8. The zero-order chi connectivity index (χ0) is 15.4. The Labute approximate surface area is 125 Å². The van der Waals surface area contributed by atoms with Gasteiger partial charge in [0.05, 0.1) is 12.2 Å². The van der Waals surface area contributed by atoms with Crippen LogP contribution in [0, 0.1) is 5.92 Å². The molecular formula is C14H25N5O2. The number of hydrogen-bond acceptors (Lipinski definition) is 7. The van der Waals surface area contributed by atoms with Crippen LogP contribution in [0.25, 0.3) is 0 Å². The van der Waals surface area contributed by atoms with Crippen molar-refractivity contribution in [1.82, 2.24) is 15.0 Å². The van der Waals surface area contributed by atoms with Crippen LogP contribution in [0.1, 0.15) is 34.1 Å². The lowest BCUT2D eigenvalue weighted by Gasteiger charge is -2.34. The quantitative estimate of drug-likeness (QED) is 0.847. The number of aliphatic hydroxyl groups is 1. The summed E-state index contributed by atoms with van der Waals surface area (Å²) < 4.78 is 5.60. The second-order valence-electron chi connectivity index (χ2n) is 5.72. The van der Waals surface area contributed by atoms with E-state index in [1.807, 2.05) is 27.7 Å². The Hall–Kier alpha value is -1.63. The first-order valence-corrected chi connectivity index (χ1v) is 7.59. The summed E-state index contributed by atoms with van der Waals surface area (Å²) in [6.45, 7) is 10.1. The lowest BCUT2D eigenvalue weighted by molar-refractivity contribution is 0.0965. The van der Waals surface area contributed by atoms with Crippen LogP contribution in [0.4, 0.5) is 11.9 Å². The highest BCUT2D eigenvalue weighted by Gasteiger charge is 2.26. The number of anilines is 2. The van der Waals surface area contributed by atoms with E-state index in [2.05, 4.69) is 25.2 Å². The van der Waals surface area contributed by atoms with E-state index >= 15 is 0 Å². The minimum atomic E-state index is -0.247. The summed E-state index contributed by atoms with van der Waals surface area (Å²) in [4.78, 5) is 15.2. The Morgan fingerprint density at radius 3 is 2.76 bits per heavy atom. The van der Waals surface area contributed by atoms with Crippen molar-refractivity contribution in [3.63, 3.8) is 0 Å². The average Bonchev–Trinajstić information content (AvgIpc) is 2.41. The molecular weight excluding hydrogens is 270 g/mol. The minimum Gasteiger partial charge on any atom is -0.461 e. The first-order chi connectivity index (χ1) is 9.99. The van der Waals surface area contributed by atoms with Crippen LogP contribution >= 0.6 is 0 Å². The van der Waals surface area contributed by atoms with E-state index in [9.17, 15) is 5.11 Å². The smallest absolute Gasteiger partial charge is 0.323 e. The van der Waals surface area contributed by atoms with Gasteiger partial charge in [0.2, 0.25) is 11.9 Å². The van der Waals surface area contributed by atoms with Crippen molar-refractivity contribution in [3.8, 4) is 6.01 Å². The molecule has 1 aliphatic heterocycles. The third-order valence-corrected chi connectivity index (χ3v) is 3.42. The molecule has 1 aromatic heterocycles. The van der Waals surface area contributed by atoms with Crippen LogP contribution in [0.15, 0.2) is 0 Å². The molecule has 2 atom stereocenters. The highest BCUT2D eigenvalue weighted by Crippen LogP contribution is 2.22. The molecule has 0 aromatic carbocycles.